The van der Waals surface area contributed by atoms with E-state index in [1.165, 1.54) is 6.20 Å². The van der Waals surface area contributed by atoms with Gasteiger partial charge in [-0.2, -0.15) is 4.98 Å². The Morgan fingerprint density at radius 1 is 1.44 bits per heavy atom. The van der Waals surface area contributed by atoms with Crippen molar-refractivity contribution in [1.82, 2.24) is 9.97 Å². The first-order chi connectivity index (χ1) is 7.69. The van der Waals surface area contributed by atoms with Gasteiger partial charge in [-0.3, -0.25) is 0 Å². The number of unbranched alkanes of at least 4 members (excludes halogenated alkanes) is 2. The van der Waals surface area contributed by atoms with Crippen molar-refractivity contribution in [2.24, 2.45) is 0 Å². The Morgan fingerprint density at radius 2 is 2.19 bits per heavy atom. The maximum Gasteiger partial charge on any atom is 0.224 e. The van der Waals surface area contributed by atoms with E-state index in [4.69, 9.17) is 0 Å². The zero-order valence-corrected chi connectivity index (χ0v) is 10.1. The fraction of sp³-hybridized carbons (Fsp3) is 0.636. The number of hydrogen-bond acceptors (Lipinski definition) is 4. The van der Waals surface area contributed by atoms with Crippen LogP contribution in [0.3, 0.4) is 0 Å². The molecule has 1 rings (SSSR count). The molecule has 0 saturated carbocycles. The zero-order chi connectivity index (χ0) is 12.0. The summed E-state index contributed by atoms with van der Waals surface area (Å²) in [5.41, 5.74) is 0. The molecule has 0 aliphatic heterocycles. The molecule has 0 unspecified atom stereocenters. The first-order valence-electron chi connectivity index (χ1n) is 5.60. The normalized spacial score (nSPS) is 10.2. The van der Waals surface area contributed by atoms with Crippen LogP contribution in [0.2, 0.25) is 0 Å². The SMILES string of the molecule is CCCCCN(C)c1nc(NC)ncc1F. The molecule has 0 atom stereocenters. The average molecular weight is 226 g/mol. The summed E-state index contributed by atoms with van der Waals surface area (Å²) in [5, 5.41) is 2.80. The van der Waals surface area contributed by atoms with Crippen molar-refractivity contribution < 1.29 is 4.39 Å². The number of halogens is 1. The van der Waals surface area contributed by atoms with Crippen LogP contribution < -0.4 is 10.2 Å². The van der Waals surface area contributed by atoms with Crippen LogP contribution in [0.4, 0.5) is 16.2 Å². The minimum absolute atomic E-state index is 0.357. The lowest BCUT2D eigenvalue weighted by Gasteiger charge is -2.18. The third-order valence-electron chi connectivity index (χ3n) is 2.41. The number of nitrogens with zero attached hydrogens (tertiary/aromatic N) is 3. The Kier molecular flexibility index (Phi) is 4.95. The van der Waals surface area contributed by atoms with Crippen molar-refractivity contribution in [1.29, 1.82) is 0 Å². The second-order valence-corrected chi connectivity index (χ2v) is 3.74. The van der Waals surface area contributed by atoms with Gasteiger partial charge in [0.15, 0.2) is 11.6 Å². The van der Waals surface area contributed by atoms with Crippen molar-refractivity contribution in [3.8, 4) is 0 Å². The highest BCUT2D eigenvalue weighted by molar-refractivity contribution is 5.42. The molecule has 1 aromatic rings. The van der Waals surface area contributed by atoms with E-state index in [2.05, 4.69) is 22.2 Å². The van der Waals surface area contributed by atoms with Crippen molar-refractivity contribution in [3.63, 3.8) is 0 Å². The van der Waals surface area contributed by atoms with Gasteiger partial charge in [0.1, 0.15) is 0 Å². The molecule has 0 amide bonds. The van der Waals surface area contributed by atoms with Crippen LogP contribution in [0.5, 0.6) is 0 Å². The first kappa shape index (κ1) is 12.7. The fourth-order valence-electron chi connectivity index (χ4n) is 1.45. The molecule has 0 saturated heterocycles. The molecule has 0 fully saturated rings. The standard InChI is InChI=1S/C11H19FN4/c1-4-5-6-7-16(3)10-9(12)8-14-11(13-2)15-10/h8H,4-7H2,1-3H3,(H,13,14,15). The molecule has 16 heavy (non-hydrogen) atoms. The summed E-state index contributed by atoms with van der Waals surface area (Å²) < 4.78 is 13.5. The van der Waals surface area contributed by atoms with E-state index in [0.717, 1.165) is 25.8 Å². The maximum atomic E-state index is 13.5. The number of anilines is 2. The van der Waals surface area contributed by atoms with E-state index >= 15 is 0 Å². The molecule has 0 spiro atoms. The predicted molar refractivity (Wildman–Crippen MR) is 64.3 cm³/mol. The van der Waals surface area contributed by atoms with Crippen LogP contribution in [-0.4, -0.2) is 30.6 Å². The zero-order valence-electron chi connectivity index (χ0n) is 10.1. The third-order valence-corrected chi connectivity index (χ3v) is 2.41. The molecule has 0 radical (unpaired) electrons. The molecule has 4 nitrogen and oxygen atoms in total. The second kappa shape index (κ2) is 6.25. The van der Waals surface area contributed by atoms with E-state index < -0.39 is 0 Å². The van der Waals surface area contributed by atoms with E-state index in [1.807, 2.05) is 11.9 Å². The van der Waals surface area contributed by atoms with Gasteiger partial charge in [0.05, 0.1) is 6.20 Å². The lowest BCUT2D eigenvalue weighted by Crippen LogP contribution is -2.21. The summed E-state index contributed by atoms with van der Waals surface area (Å²) in [6, 6.07) is 0. The Labute approximate surface area is 95.9 Å². The summed E-state index contributed by atoms with van der Waals surface area (Å²) in [6.45, 7) is 2.95. The summed E-state index contributed by atoms with van der Waals surface area (Å²) in [7, 11) is 3.56. The predicted octanol–water partition coefficient (Wildman–Crippen LogP) is 2.28. The molecule has 0 aliphatic rings. The molecule has 1 N–H and O–H groups in total. The van der Waals surface area contributed by atoms with Gasteiger partial charge in [0.2, 0.25) is 5.95 Å². The van der Waals surface area contributed by atoms with Gasteiger partial charge in [-0.15, -0.1) is 0 Å². The minimum Gasteiger partial charge on any atom is -0.357 e. The largest absolute Gasteiger partial charge is 0.357 e. The summed E-state index contributed by atoms with van der Waals surface area (Å²) in [4.78, 5) is 9.74. The molecular formula is C11H19FN4. The van der Waals surface area contributed by atoms with Crippen molar-refractivity contribution in [2.75, 3.05) is 30.9 Å². The topological polar surface area (TPSA) is 41.1 Å². The monoisotopic (exact) mass is 226 g/mol. The van der Waals surface area contributed by atoms with Crippen molar-refractivity contribution in [2.45, 2.75) is 26.2 Å². The quantitative estimate of drug-likeness (QED) is 0.756. The highest BCUT2D eigenvalue weighted by atomic mass is 19.1. The van der Waals surface area contributed by atoms with E-state index in [-0.39, 0.29) is 5.82 Å². The summed E-state index contributed by atoms with van der Waals surface area (Å²) in [6.07, 6.45) is 4.55. The smallest absolute Gasteiger partial charge is 0.224 e. The maximum absolute atomic E-state index is 13.5. The highest BCUT2D eigenvalue weighted by Crippen LogP contribution is 2.16. The van der Waals surface area contributed by atoms with Gasteiger partial charge < -0.3 is 10.2 Å². The van der Waals surface area contributed by atoms with E-state index in [0.29, 0.717) is 11.8 Å². The van der Waals surface area contributed by atoms with Crippen LogP contribution in [-0.2, 0) is 0 Å². The van der Waals surface area contributed by atoms with Crippen LogP contribution in [0.15, 0.2) is 6.20 Å². The molecule has 0 bridgehead atoms. The van der Waals surface area contributed by atoms with Crippen LogP contribution in [0, 0.1) is 5.82 Å². The minimum atomic E-state index is -0.377. The molecule has 90 valence electrons. The van der Waals surface area contributed by atoms with Crippen LogP contribution in [0.1, 0.15) is 26.2 Å². The first-order valence-corrected chi connectivity index (χ1v) is 5.60. The Balaban J connectivity index is 2.69. The van der Waals surface area contributed by atoms with Crippen LogP contribution >= 0.6 is 0 Å². The van der Waals surface area contributed by atoms with Gasteiger partial charge in [-0.1, -0.05) is 19.8 Å². The molecule has 0 aromatic carbocycles. The molecule has 1 heterocycles. The number of hydrogen-bond donors (Lipinski definition) is 1. The fourth-order valence-corrected chi connectivity index (χ4v) is 1.45. The number of aromatic nitrogens is 2. The van der Waals surface area contributed by atoms with Gasteiger partial charge in [-0.25, -0.2) is 9.37 Å². The van der Waals surface area contributed by atoms with Gasteiger partial charge in [0.25, 0.3) is 0 Å². The lowest BCUT2D eigenvalue weighted by molar-refractivity contribution is 0.603. The third kappa shape index (κ3) is 3.32. The summed E-state index contributed by atoms with van der Waals surface area (Å²) in [5.74, 6) is 0.423. The van der Waals surface area contributed by atoms with Crippen molar-refractivity contribution >= 4 is 11.8 Å². The second-order valence-electron chi connectivity index (χ2n) is 3.74. The number of nitrogens with one attached hydrogen (secondary N) is 1. The van der Waals surface area contributed by atoms with Gasteiger partial charge >= 0.3 is 0 Å². The van der Waals surface area contributed by atoms with Crippen molar-refractivity contribution in [3.05, 3.63) is 12.0 Å². The van der Waals surface area contributed by atoms with Crippen LogP contribution in [0.25, 0.3) is 0 Å². The highest BCUT2D eigenvalue weighted by Gasteiger charge is 2.10. The van der Waals surface area contributed by atoms with E-state index in [1.54, 1.807) is 7.05 Å². The van der Waals surface area contributed by atoms with Gasteiger partial charge in [0, 0.05) is 20.6 Å². The average Bonchev–Trinajstić information content (AvgIpc) is 2.30. The summed E-state index contributed by atoms with van der Waals surface area (Å²) >= 11 is 0. The molecule has 5 heteroatoms. The van der Waals surface area contributed by atoms with Gasteiger partial charge in [-0.05, 0) is 6.42 Å². The lowest BCUT2D eigenvalue weighted by atomic mass is 10.2. The Hall–Kier alpha value is -1.39. The molecular weight excluding hydrogens is 207 g/mol. The Morgan fingerprint density at radius 3 is 2.81 bits per heavy atom. The number of rotatable bonds is 6. The van der Waals surface area contributed by atoms with E-state index in [9.17, 15) is 4.39 Å². The molecule has 1 aromatic heterocycles. The molecule has 0 aliphatic carbocycles. The Bertz CT molecular complexity index is 330.